The van der Waals surface area contributed by atoms with Gasteiger partial charge in [0.25, 0.3) is 5.91 Å². The summed E-state index contributed by atoms with van der Waals surface area (Å²) < 4.78 is 25.3. The molecule has 1 atom stereocenters. The van der Waals surface area contributed by atoms with Crippen LogP contribution in [0.2, 0.25) is 10.0 Å². The van der Waals surface area contributed by atoms with Crippen LogP contribution in [0.25, 0.3) is 10.2 Å². The van der Waals surface area contributed by atoms with E-state index < -0.39 is 9.84 Å². The Morgan fingerprint density at radius 2 is 2.03 bits per heavy atom. The molecule has 0 aliphatic carbocycles. The van der Waals surface area contributed by atoms with Gasteiger partial charge in [0.1, 0.15) is 4.83 Å². The summed E-state index contributed by atoms with van der Waals surface area (Å²) in [5.41, 5.74) is 1.58. The zero-order valence-corrected chi connectivity index (χ0v) is 19.0. The number of aromatic nitrogens is 2. The second-order valence-corrected chi connectivity index (χ2v) is 11.3. The van der Waals surface area contributed by atoms with Gasteiger partial charge in [-0.1, -0.05) is 29.3 Å². The number of rotatable bonds is 4. The zero-order chi connectivity index (χ0) is 20.9. The van der Waals surface area contributed by atoms with Crippen LogP contribution in [0.1, 0.15) is 27.3 Å². The van der Waals surface area contributed by atoms with E-state index in [0.29, 0.717) is 27.9 Å². The smallest absolute Gasteiger partial charge is 0.264 e. The number of aryl methyl sites for hydroxylation is 1. The predicted octanol–water partition coefficient (Wildman–Crippen LogP) is 4.02. The molecule has 3 heterocycles. The summed E-state index contributed by atoms with van der Waals surface area (Å²) in [7, 11) is -1.39. The molecular formula is C19H19Cl2N3O3S2. The van der Waals surface area contributed by atoms with E-state index in [1.807, 2.05) is 13.0 Å². The van der Waals surface area contributed by atoms with E-state index in [4.69, 9.17) is 23.2 Å². The first kappa shape index (κ1) is 20.7. The van der Waals surface area contributed by atoms with Crippen molar-refractivity contribution in [1.29, 1.82) is 0 Å². The Hall–Kier alpha value is -1.61. The van der Waals surface area contributed by atoms with Gasteiger partial charge in [-0.3, -0.25) is 4.79 Å². The summed E-state index contributed by atoms with van der Waals surface area (Å²) in [6, 6.07) is 6.90. The van der Waals surface area contributed by atoms with Gasteiger partial charge in [0.15, 0.2) is 9.84 Å². The van der Waals surface area contributed by atoms with Gasteiger partial charge in [-0.05, 0) is 31.5 Å². The molecule has 0 unspecified atom stereocenters. The first-order valence-electron chi connectivity index (χ1n) is 9.03. The van der Waals surface area contributed by atoms with E-state index in [0.717, 1.165) is 21.5 Å². The molecule has 154 valence electrons. The van der Waals surface area contributed by atoms with Crippen LogP contribution in [-0.4, -0.2) is 53.6 Å². The molecular weight excluding hydrogens is 453 g/mol. The van der Waals surface area contributed by atoms with E-state index >= 15 is 0 Å². The molecule has 0 spiro atoms. The van der Waals surface area contributed by atoms with Crippen molar-refractivity contribution < 1.29 is 13.2 Å². The molecule has 3 aromatic rings. The maximum atomic E-state index is 13.0. The number of nitrogens with zero attached hydrogens (tertiary/aromatic N) is 3. The van der Waals surface area contributed by atoms with Crippen LogP contribution in [0.5, 0.6) is 0 Å². The molecule has 4 rings (SSSR count). The van der Waals surface area contributed by atoms with Gasteiger partial charge in [0.05, 0.1) is 28.6 Å². The van der Waals surface area contributed by atoms with Crippen LogP contribution in [0.15, 0.2) is 24.3 Å². The van der Waals surface area contributed by atoms with E-state index in [2.05, 4.69) is 5.10 Å². The summed E-state index contributed by atoms with van der Waals surface area (Å²) in [6.07, 6.45) is 0.479. The molecule has 1 fully saturated rings. The topological polar surface area (TPSA) is 72.3 Å². The highest BCUT2D eigenvalue weighted by atomic mass is 35.5. The number of thiophene rings is 1. The highest BCUT2D eigenvalue weighted by molar-refractivity contribution is 7.91. The Kier molecular flexibility index (Phi) is 5.40. The quantitative estimate of drug-likeness (QED) is 0.575. The van der Waals surface area contributed by atoms with Crippen LogP contribution >= 0.6 is 34.5 Å². The average Bonchev–Trinajstić information content (AvgIpc) is 3.32. The normalized spacial score (nSPS) is 18.4. The summed E-state index contributed by atoms with van der Waals surface area (Å²) in [6.45, 7) is 2.29. The van der Waals surface area contributed by atoms with Gasteiger partial charge in [-0.25, -0.2) is 13.1 Å². The summed E-state index contributed by atoms with van der Waals surface area (Å²) in [5, 5.41) is 6.60. The fraction of sp³-hybridized carbons (Fsp3) is 0.368. The maximum absolute atomic E-state index is 13.0. The zero-order valence-electron chi connectivity index (χ0n) is 15.9. The molecule has 10 heteroatoms. The first-order chi connectivity index (χ1) is 13.7. The van der Waals surface area contributed by atoms with Gasteiger partial charge in [-0.2, -0.15) is 5.10 Å². The molecule has 0 radical (unpaired) electrons. The lowest BCUT2D eigenvalue weighted by molar-refractivity contribution is 0.0752. The van der Waals surface area contributed by atoms with Crippen LogP contribution in [0, 0.1) is 6.92 Å². The van der Waals surface area contributed by atoms with Crippen molar-refractivity contribution >= 4 is 60.5 Å². The second-order valence-electron chi connectivity index (χ2n) is 7.25. The number of halogens is 2. The maximum Gasteiger partial charge on any atom is 0.264 e. The molecule has 1 aliphatic rings. The Bertz CT molecular complexity index is 1200. The number of fused-ring (bicyclic) bond motifs is 1. The van der Waals surface area contributed by atoms with Gasteiger partial charge in [-0.15, -0.1) is 11.3 Å². The fourth-order valence-corrected chi connectivity index (χ4v) is 7.01. The molecule has 0 bridgehead atoms. The van der Waals surface area contributed by atoms with Crippen molar-refractivity contribution in [3.05, 3.63) is 50.4 Å². The number of carbonyl (C=O) groups is 1. The van der Waals surface area contributed by atoms with Crippen molar-refractivity contribution in [3.8, 4) is 0 Å². The van der Waals surface area contributed by atoms with Crippen LogP contribution in [0.4, 0.5) is 0 Å². The Morgan fingerprint density at radius 3 is 2.66 bits per heavy atom. The highest BCUT2D eigenvalue weighted by Gasteiger charge is 2.33. The largest absolute Gasteiger partial charge is 0.337 e. The molecule has 29 heavy (non-hydrogen) atoms. The summed E-state index contributed by atoms with van der Waals surface area (Å²) in [4.78, 5) is 15.9. The Morgan fingerprint density at radius 1 is 1.34 bits per heavy atom. The van der Waals surface area contributed by atoms with Crippen molar-refractivity contribution in [2.75, 3.05) is 18.6 Å². The number of amides is 1. The van der Waals surface area contributed by atoms with Crippen molar-refractivity contribution in [3.63, 3.8) is 0 Å². The molecule has 1 aliphatic heterocycles. The van der Waals surface area contributed by atoms with Gasteiger partial charge in [0, 0.05) is 34.1 Å². The number of benzene rings is 1. The Balaban J connectivity index is 1.65. The number of hydrogen-bond donors (Lipinski definition) is 0. The monoisotopic (exact) mass is 471 g/mol. The lowest BCUT2D eigenvalue weighted by atomic mass is 10.2. The number of hydrogen-bond acceptors (Lipinski definition) is 5. The standard InChI is InChI=1S/C19H19Cl2N3O3S2/c1-11-13-8-17(18(25)23(2)12-6-7-29(26,27)10-12)28-19(13)24(22-11)9-14-15(20)4-3-5-16(14)21/h3-5,8,12H,6-7,9-10H2,1-2H3/t12-/m0/s1. The minimum absolute atomic E-state index is 0.0257. The third-order valence-electron chi connectivity index (χ3n) is 5.26. The predicted molar refractivity (Wildman–Crippen MR) is 117 cm³/mol. The fourth-order valence-electron chi connectivity index (χ4n) is 3.58. The lowest BCUT2D eigenvalue weighted by Crippen LogP contribution is -2.37. The third-order valence-corrected chi connectivity index (χ3v) is 8.86. The first-order valence-corrected chi connectivity index (χ1v) is 12.4. The summed E-state index contributed by atoms with van der Waals surface area (Å²) in [5.74, 6) is -0.0122. The molecule has 1 amide bonds. The van der Waals surface area contributed by atoms with Gasteiger partial charge >= 0.3 is 0 Å². The van der Waals surface area contributed by atoms with E-state index in [-0.39, 0.29) is 23.5 Å². The van der Waals surface area contributed by atoms with Crippen LogP contribution in [0.3, 0.4) is 0 Å². The highest BCUT2D eigenvalue weighted by Crippen LogP contribution is 2.32. The van der Waals surface area contributed by atoms with Crippen LogP contribution in [-0.2, 0) is 16.4 Å². The Labute approximate surface area is 182 Å². The minimum Gasteiger partial charge on any atom is -0.337 e. The summed E-state index contributed by atoms with van der Waals surface area (Å²) >= 11 is 13.9. The molecule has 1 aromatic carbocycles. The number of sulfone groups is 1. The van der Waals surface area contributed by atoms with Crippen molar-refractivity contribution in [2.24, 2.45) is 0 Å². The molecule has 6 nitrogen and oxygen atoms in total. The third kappa shape index (κ3) is 3.91. The molecule has 1 saturated heterocycles. The van der Waals surface area contributed by atoms with Crippen LogP contribution < -0.4 is 0 Å². The van der Waals surface area contributed by atoms with E-state index in [1.165, 1.54) is 11.3 Å². The average molecular weight is 472 g/mol. The van der Waals surface area contributed by atoms with Crippen molar-refractivity contribution in [2.45, 2.75) is 25.9 Å². The number of carbonyl (C=O) groups excluding carboxylic acids is 1. The van der Waals surface area contributed by atoms with E-state index in [9.17, 15) is 13.2 Å². The molecule has 0 saturated carbocycles. The molecule has 2 aromatic heterocycles. The molecule has 0 N–H and O–H groups in total. The second kappa shape index (κ2) is 7.58. The van der Waals surface area contributed by atoms with E-state index in [1.54, 1.807) is 34.8 Å². The van der Waals surface area contributed by atoms with Crippen molar-refractivity contribution in [1.82, 2.24) is 14.7 Å². The lowest BCUT2D eigenvalue weighted by Gasteiger charge is -2.22. The van der Waals surface area contributed by atoms with Gasteiger partial charge in [0.2, 0.25) is 0 Å². The SMILES string of the molecule is Cc1nn(Cc2c(Cl)cccc2Cl)c2sc(C(=O)N(C)[C@H]3CCS(=O)(=O)C3)cc12. The van der Waals surface area contributed by atoms with Gasteiger partial charge < -0.3 is 4.90 Å². The minimum atomic E-state index is -3.06.